The summed E-state index contributed by atoms with van der Waals surface area (Å²) >= 11 is 0. The minimum atomic E-state index is -0.930. The first-order valence-corrected chi connectivity index (χ1v) is 6.26. The number of ether oxygens (including phenoxy) is 2. The summed E-state index contributed by atoms with van der Waals surface area (Å²) in [5.41, 5.74) is 2.07. The molecular formula is C14H19NO4. The molecule has 1 aromatic carbocycles. The molecular weight excluding hydrogens is 246 g/mol. The van der Waals surface area contributed by atoms with Crippen molar-refractivity contribution >= 4 is 11.7 Å². The Bertz CT molecular complexity index is 474. The summed E-state index contributed by atoms with van der Waals surface area (Å²) in [6.07, 6.45) is 0. The molecule has 104 valence electrons. The molecule has 1 saturated heterocycles. The Labute approximate surface area is 112 Å². The molecule has 1 aliphatic heterocycles. The van der Waals surface area contributed by atoms with Gasteiger partial charge in [0.05, 0.1) is 24.8 Å². The average Bonchev–Trinajstić information content (AvgIpc) is 2.34. The third kappa shape index (κ3) is 3.45. The number of carbonyl (C=O) groups is 1. The van der Waals surface area contributed by atoms with Gasteiger partial charge in [-0.3, -0.25) is 0 Å². The quantitative estimate of drug-likeness (QED) is 0.877. The van der Waals surface area contributed by atoms with Crippen LogP contribution < -0.4 is 5.32 Å². The van der Waals surface area contributed by atoms with Crippen molar-refractivity contribution in [3.63, 3.8) is 0 Å². The highest BCUT2D eigenvalue weighted by Crippen LogP contribution is 2.22. The molecule has 5 nitrogen and oxygen atoms in total. The first kappa shape index (κ1) is 13.8. The highest BCUT2D eigenvalue weighted by Gasteiger charge is 2.28. The fourth-order valence-electron chi connectivity index (χ4n) is 1.91. The van der Waals surface area contributed by atoms with E-state index in [9.17, 15) is 4.79 Å². The molecule has 19 heavy (non-hydrogen) atoms. The summed E-state index contributed by atoms with van der Waals surface area (Å²) in [4.78, 5) is 11.0. The molecule has 0 atom stereocenters. The number of carboxylic acids is 1. The van der Waals surface area contributed by atoms with Crippen molar-refractivity contribution in [1.82, 2.24) is 0 Å². The molecule has 0 amide bonds. The van der Waals surface area contributed by atoms with E-state index < -0.39 is 11.8 Å². The lowest BCUT2D eigenvalue weighted by atomic mass is 10.1. The summed E-state index contributed by atoms with van der Waals surface area (Å²) in [6.45, 7) is 6.75. The average molecular weight is 265 g/mol. The van der Waals surface area contributed by atoms with Crippen molar-refractivity contribution in [2.24, 2.45) is 0 Å². The van der Waals surface area contributed by atoms with Gasteiger partial charge in [0.2, 0.25) is 0 Å². The number of rotatable bonds is 3. The zero-order chi connectivity index (χ0) is 14.0. The van der Waals surface area contributed by atoms with Crippen molar-refractivity contribution < 1.29 is 19.4 Å². The predicted molar refractivity (Wildman–Crippen MR) is 71.5 cm³/mol. The Hall–Kier alpha value is -1.59. The Morgan fingerprint density at radius 1 is 1.37 bits per heavy atom. The van der Waals surface area contributed by atoms with Crippen LogP contribution >= 0.6 is 0 Å². The summed E-state index contributed by atoms with van der Waals surface area (Å²) in [6, 6.07) is 5.05. The van der Waals surface area contributed by atoms with E-state index >= 15 is 0 Å². The summed E-state index contributed by atoms with van der Waals surface area (Å²) in [5, 5.41) is 12.3. The Balaban J connectivity index is 2.07. The normalized spacial score (nSPS) is 19.1. The zero-order valence-electron chi connectivity index (χ0n) is 11.4. The number of benzene rings is 1. The first-order chi connectivity index (χ1) is 8.87. The van der Waals surface area contributed by atoms with Gasteiger partial charge in [0.15, 0.2) is 5.79 Å². The van der Waals surface area contributed by atoms with Crippen LogP contribution in [0.4, 0.5) is 5.69 Å². The molecule has 1 aliphatic rings. The van der Waals surface area contributed by atoms with Crippen LogP contribution in [0.3, 0.4) is 0 Å². The topological polar surface area (TPSA) is 67.8 Å². The van der Waals surface area contributed by atoms with E-state index in [0.717, 1.165) is 11.3 Å². The van der Waals surface area contributed by atoms with E-state index in [0.29, 0.717) is 13.2 Å². The van der Waals surface area contributed by atoms with E-state index in [4.69, 9.17) is 14.6 Å². The minimum absolute atomic E-state index is 0.0239. The van der Waals surface area contributed by atoms with Crippen LogP contribution in [0.25, 0.3) is 0 Å². The number of hydrogen-bond acceptors (Lipinski definition) is 4. The van der Waals surface area contributed by atoms with Gasteiger partial charge in [-0.05, 0) is 38.5 Å². The SMILES string of the molecule is Cc1ccc(C(=O)O)cc1NC1COC(C)(C)OC1. The summed E-state index contributed by atoms with van der Waals surface area (Å²) < 4.78 is 11.1. The van der Waals surface area contributed by atoms with Gasteiger partial charge in [-0.2, -0.15) is 0 Å². The van der Waals surface area contributed by atoms with Gasteiger partial charge < -0.3 is 19.9 Å². The number of anilines is 1. The standard InChI is InChI=1S/C14H19NO4/c1-9-4-5-10(13(16)17)6-12(9)15-11-7-18-14(2,3)19-8-11/h4-6,11,15H,7-8H2,1-3H3,(H,16,17). The maximum atomic E-state index is 11.0. The third-order valence-corrected chi connectivity index (χ3v) is 3.11. The Morgan fingerprint density at radius 2 is 2.00 bits per heavy atom. The van der Waals surface area contributed by atoms with Crippen LogP contribution in [0.2, 0.25) is 0 Å². The van der Waals surface area contributed by atoms with Crippen LogP contribution in [0.15, 0.2) is 18.2 Å². The van der Waals surface area contributed by atoms with Crippen molar-refractivity contribution in [3.8, 4) is 0 Å². The second kappa shape index (κ2) is 5.19. The molecule has 0 radical (unpaired) electrons. The van der Waals surface area contributed by atoms with Crippen LogP contribution in [0.1, 0.15) is 29.8 Å². The van der Waals surface area contributed by atoms with Crippen molar-refractivity contribution in [3.05, 3.63) is 29.3 Å². The molecule has 5 heteroatoms. The number of aryl methyl sites for hydroxylation is 1. The van der Waals surface area contributed by atoms with E-state index in [1.54, 1.807) is 18.2 Å². The van der Waals surface area contributed by atoms with Crippen molar-refractivity contribution in [1.29, 1.82) is 0 Å². The lowest BCUT2D eigenvalue weighted by Gasteiger charge is -2.35. The second-order valence-electron chi connectivity index (χ2n) is 5.20. The fraction of sp³-hybridized carbons (Fsp3) is 0.500. The van der Waals surface area contributed by atoms with Crippen LogP contribution in [-0.4, -0.2) is 36.1 Å². The molecule has 1 fully saturated rings. The molecule has 2 N–H and O–H groups in total. The Morgan fingerprint density at radius 3 is 2.58 bits per heavy atom. The summed E-state index contributed by atoms with van der Waals surface area (Å²) in [5.74, 6) is -1.48. The molecule has 0 unspecified atom stereocenters. The zero-order valence-corrected chi connectivity index (χ0v) is 11.4. The van der Waals surface area contributed by atoms with Gasteiger partial charge in [0.1, 0.15) is 0 Å². The highest BCUT2D eigenvalue weighted by atomic mass is 16.7. The van der Waals surface area contributed by atoms with Gasteiger partial charge in [-0.1, -0.05) is 6.07 Å². The Kier molecular flexibility index (Phi) is 3.78. The molecule has 2 rings (SSSR count). The van der Waals surface area contributed by atoms with Crippen molar-refractivity contribution in [2.45, 2.75) is 32.6 Å². The van der Waals surface area contributed by atoms with Gasteiger partial charge in [-0.15, -0.1) is 0 Å². The maximum absolute atomic E-state index is 11.0. The lowest BCUT2D eigenvalue weighted by molar-refractivity contribution is -0.247. The molecule has 1 heterocycles. The van der Waals surface area contributed by atoms with E-state index in [2.05, 4.69) is 5.32 Å². The van der Waals surface area contributed by atoms with E-state index in [1.807, 2.05) is 20.8 Å². The molecule has 0 aliphatic carbocycles. The minimum Gasteiger partial charge on any atom is -0.478 e. The molecule has 0 aromatic heterocycles. The van der Waals surface area contributed by atoms with E-state index in [-0.39, 0.29) is 11.6 Å². The third-order valence-electron chi connectivity index (χ3n) is 3.11. The smallest absolute Gasteiger partial charge is 0.335 e. The molecule has 0 spiro atoms. The monoisotopic (exact) mass is 265 g/mol. The van der Waals surface area contributed by atoms with Crippen LogP contribution in [0, 0.1) is 6.92 Å². The molecule has 0 saturated carbocycles. The lowest BCUT2D eigenvalue weighted by Crippen LogP contribution is -2.45. The second-order valence-corrected chi connectivity index (χ2v) is 5.20. The number of nitrogens with one attached hydrogen (secondary N) is 1. The predicted octanol–water partition coefficient (Wildman–Crippen LogP) is 2.26. The van der Waals surface area contributed by atoms with Gasteiger partial charge in [0, 0.05) is 5.69 Å². The maximum Gasteiger partial charge on any atom is 0.335 e. The first-order valence-electron chi connectivity index (χ1n) is 6.26. The van der Waals surface area contributed by atoms with Crippen LogP contribution in [-0.2, 0) is 9.47 Å². The van der Waals surface area contributed by atoms with Crippen molar-refractivity contribution in [2.75, 3.05) is 18.5 Å². The van der Waals surface area contributed by atoms with Gasteiger partial charge in [0.25, 0.3) is 0 Å². The molecule has 0 bridgehead atoms. The fourth-order valence-corrected chi connectivity index (χ4v) is 1.91. The molecule has 1 aromatic rings. The number of carboxylic acid groups (broad SMARTS) is 1. The van der Waals surface area contributed by atoms with Crippen LogP contribution in [0.5, 0.6) is 0 Å². The largest absolute Gasteiger partial charge is 0.478 e. The number of hydrogen-bond donors (Lipinski definition) is 2. The summed E-state index contributed by atoms with van der Waals surface area (Å²) in [7, 11) is 0. The highest BCUT2D eigenvalue weighted by molar-refractivity contribution is 5.89. The van der Waals surface area contributed by atoms with Gasteiger partial charge >= 0.3 is 5.97 Å². The van der Waals surface area contributed by atoms with Gasteiger partial charge in [-0.25, -0.2) is 4.79 Å². The van der Waals surface area contributed by atoms with E-state index in [1.165, 1.54) is 0 Å². The number of aromatic carboxylic acids is 1.